The number of anilines is 1. The topological polar surface area (TPSA) is 70.8 Å². The van der Waals surface area contributed by atoms with Crippen LogP contribution in [-0.4, -0.2) is 16.8 Å². The predicted octanol–water partition coefficient (Wildman–Crippen LogP) is 5.14. The summed E-state index contributed by atoms with van der Waals surface area (Å²) >= 11 is 1.21. The molecule has 0 bridgehead atoms. The van der Waals surface area contributed by atoms with Crippen molar-refractivity contribution in [2.24, 2.45) is 0 Å². The molecule has 0 radical (unpaired) electrons. The fourth-order valence-corrected chi connectivity index (χ4v) is 4.02. The molecule has 1 aromatic carbocycles. The van der Waals surface area contributed by atoms with Crippen LogP contribution in [0.25, 0.3) is 0 Å². The summed E-state index contributed by atoms with van der Waals surface area (Å²) < 4.78 is 44.6. The lowest BCUT2D eigenvalue weighted by Crippen LogP contribution is -2.30. The zero-order valence-electron chi connectivity index (χ0n) is 14.5. The van der Waals surface area contributed by atoms with Crippen molar-refractivity contribution in [3.8, 4) is 0 Å². The lowest BCUT2D eigenvalue weighted by Gasteiger charge is -2.26. The Morgan fingerprint density at radius 1 is 1.14 bits per heavy atom. The Balaban J connectivity index is 1.86. The number of alkyl halides is 3. The molecule has 9 heteroatoms. The molecule has 148 valence electrons. The van der Waals surface area contributed by atoms with Crippen molar-refractivity contribution in [1.29, 1.82) is 0 Å². The number of aliphatic hydroxyl groups is 1. The van der Waals surface area contributed by atoms with E-state index in [9.17, 15) is 27.9 Å². The van der Waals surface area contributed by atoms with E-state index in [-0.39, 0.29) is 17.0 Å². The highest BCUT2D eigenvalue weighted by molar-refractivity contribution is 7.10. The van der Waals surface area contributed by atoms with Crippen molar-refractivity contribution in [1.82, 2.24) is 0 Å². The summed E-state index contributed by atoms with van der Waals surface area (Å²) in [5.74, 6) is -2.58. The van der Waals surface area contributed by atoms with Gasteiger partial charge in [0.15, 0.2) is 11.5 Å². The zero-order chi connectivity index (χ0) is 20.8. The van der Waals surface area contributed by atoms with E-state index in [1.807, 2.05) is 0 Å². The molecular weight excluding hydrogens is 407 g/mol. The van der Waals surface area contributed by atoms with Crippen LogP contribution in [0.1, 0.15) is 27.0 Å². The minimum atomic E-state index is -4.61. The molecule has 3 aromatic rings. The average Bonchev–Trinajstić information content (AvgIpc) is 3.43. The normalized spacial score (nSPS) is 17.3. The second-order valence-electron chi connectivity index (χ2n) is 6.21. The third-order valence-corrected chi connectivity index (χ3v) is 5.39. The molecule has 29 heavy (non-hydrogen) atoms. The van der Waals surface area contributed by atoms with Crippen LogP contribution in [0, 0.1) is 0 Å². The molecule has 0 saturated carbocycles. The summed E-state index contributed by atoms with van der Waals surface area (Å²) in [5, 5.41) is 12.2. The van der Waals surface area contributed by atoms with Crippen molar-refractivity contribution in [3.05, 3.63) is 87.7 Å². The van der Waals surface area contributed by atoms with E-state index in [0.29, 0.717) is 4.88 Å². The Hall–Kier alpha value is -3.33. The van der Waals surface area contributed by atoms with Gasteiger partial charge in [0.1, 0.15) is 6.04 Å². The maximum Gasteiger partial charge on any atom is 0.416 e. The Morgan fingerprint density at radius 3 is 2.55 bits per heavy atom. The number of carbonyl (C=O) groups is 2. The van der Waals surface area contributed by atoms with Crippen LogP contribution in [-0.2, 0) is 11.0 Å². The maximum absolute atomic E-state index is 13.2. The van der Waals surface area contributed by atoms with Gasteiger partial charge in [-0.05, 0) is 41.8 Å². The first-order valence-corrected chi connectivity index (χ1v) is 9.22. The second-order valence-corrected chi connectivity index (χ2v) is 7.19. The highest BCUT2D eigenvalue weighted by Crippen LogP contribution is 2.44. The Kier molecular flexibility index (Phi) is 4.54. The number of nitrogens with zero attached hydrogens (tertiary/aromatic N) is 1. The highest BCUT2D eigenvalue weighted by atomic mass is 32.1. The summed E-state index contributed by atoms with van der Waals surface area (Å²) in [6, 6.07) is 9.28. The fraction of sp³-hybridized carbons (Fsp3) is 0.100. The van der Waals surface area contributed by atoms with Crippen molar-refractivity contribution in [3.63, 3.8) is 0 Å². The van der Waals surface area contributed by atoms with Crippen LogP contribution in [0.15, 0.2) is 75.9 Å². The summed E-state index contributed by atoms with van der Waals surface area (Å²) in [6.45, 7) is 0. The molecule has 5 nitrogen and oxygen atoms in total. The lowest BCUT2D eigenvalue weighted by molar-refractivity contribution is -0.137. The zero-order valence-corrected chi connectivity index (χ0v) is 15.3. The van der Waals surface area contributed by atoms with Crippen molar-refractivity contribution < 1.29 is 32.3 Å². The largest absolute Gasteiger partial charge is 0.503 e. The van der Waals surface area contributed by atoms with Gasteiger partial charge in [0, 0.05) is 10.6 Å². The summed E-state index contributed by atoms with van der Waals surface area (Å²) in [5.41, 5.74) is -1.28. The molecule has 3 heterocycles. The summed E-state index contributed by atoms with van der Waals surface area (Å²) in [6.07, 6.45) is -3.34. The molecule has 1 aliphatic rings. The SMILES string of the molecule is O=C(C1=C(O)C(=O)N(c2cccc(C(F)(F)F)c2)C1c1cccs1)c1ccco1. The van der Waals surface area contributed by atoms with Crippen LogP contribution < -0.4 is 4.90 Å². The fourth-order valence-electron chi connectivity index (χ4n) is 3.19. The number of thiophene rings is 1. The number of benzene rings is 1. The first kappa shape index (κ1) is 19.0. The van der Waals surface area contributed by atoms with Crippen molar-refractivity contribution in [2.75, 3.05) is 4.90 Å². The number of rotatable bonds is 4. The Morgan fingerprint density at radius 2 is 1.93 bits per heavy atom. The molecular formula is C20H12F3NO4S. The quantitative estimate of drug-likeness (QED) is 0.595. The van der Waals surface area contributed by atoms with E-state index >= 15 is 0 Å². The molecule has 4 rings (SSSR count). The molecule has 1 N–H and O–H groups in total. The van der Waals surface area contributed by atoms with Gasteiger partial charge in [0.25, 0.3) is 5.91 Å². The van der Waals surface area contributed by atoms with Gasteiger partial charge in [0.2, 0.25) is 5.78 Å². The number of aliphatic hydroxyl groups excluding tert-OH is 1. The molecule has 0 saturated heterocycles. The van der Waals surface area contributed by atoms with Crippen LogP contribution in [0.4, 0.5) is 18.9 Å². The van der Waals surface area contributed by atoms with Gasteiger partial charge in [-0.1, -0.05) is 12.1 Å². The Bertz CT molecular complexity index is 1100. The number of ketones is 1. The molecule has 1 amide bonds. The molecule has 0 spiro atoms. The first-order chi connectivity index (χ1) is 13.8. The number of furan rings is 1. The number of Topliss-reactive ketones (excluding diaryl/α,β-unsaturated/α-hetero) is 1. The Labute approximate surface area is 166 Å². The average molecular weight is 419 g/mol. The second kappa shape index (κ2) is 6.93. The minimum absolute atomic E-state index is 0.0861. The molecule has 1 aliphatic heterocycles. The molecule has 1 unspecified atom stereocenters. The van der Waals surface area contributed by atoms with Gasteiger partial charge in [-0.3, -0.25) is 14.5 Å². The van der Waals surface area contributed by atoms with Gasteiger partial charge in [-0.2, -0.15) is 13.2 Å². The molecule has 0 aliphatic carbocycles. The number of hydrogen-bond donors (Lipinski definition) is 1. The minimum Gasteiger partial charge on any atom is -0.503 e. The highest BCUT2D eigenvalue weighted by Gasteiger charge is 2.46. The monoisotopic (exact) mass is 419 g/mol. The van der Waals surface area contributed by atoms with Crippen molar-refractivity contribution >= 4 is 28.7 Å². The number of hydrogen-bond acceptors (Lipinski definition) is 5. The third-order valence-electron chi connectivity index (χ3n) is 4.46. The van der Waals surface area contributed by atoms with E-state index < -0.39 is 35.2 Å². The van der Waals surface area contributed by atoms with Gasteiger partial charge in [0.05, 0.1) is 17.4 Å². The van der Waals surface area contributed by atoms with E-state index in [0.717, 1.165) is 17.0 Å². The van der Waals surface area contributed by atoms with E-state index in [1.54, 1.807) is 17.5 Å². The van der Waals surface area contributed by atoms with Gasteiger partial charge < -0.3 is 9.52 Å². The van der Waals surface area contributed by atoms with E-state index in [4.69, 9.17) is 4.42 Å². The molecule has 1 atom stereocenters. The standard InChI is InChI=1S/C20H12F3NO4S/c21-20(22,23)11-4-1-5-12(10-11)24-16(14-7-3-9-29-14)15(18(26)19(24)27)17(25)13-6-2-8-28-13/h1-10,16,26H. The van der Waals surface area contributed by atoms with Gasteiger partial charge >= 0.3 is 6.18 Å². The van der Waals surface area contributed by atoms with Crippen LogP contribution in [0.5, 0.6) is 0 Å². The predicted molar refractivity (Wildman–Crippen MR) is 98.7 cm³/mol. The van der Waals surface area contributed by atoms with Crippen molar-refractivity contribution in [2.45, 2.75) is 12.2 Å². The molecule has 0 fully saturated rings. The number of carbonyl (C=O) groups excluding carboxylic acids is 2. The summed E-state index contributed by atoms with van der Waals surface area (Å²) in [7, 11) is 0. The van der Waals surface area contributed by atoms with Gasteiger partial charge in [-0.15, -0.1) is 11.3 Å². The molecule has 2 aromatic heterocycles. The number of amides is 1. The number of halogens is 3. The van der Waals surface area contributed by atoms with Crippen LogP contribution in [0.3, 0.4) is 0 Å². The smallest absolute Gasteiger partial charge is 0.416 e. The van der Waals surface area contributed by atoms with E-state index in [1.165, 1.54) is 41.9 Å². The van der Waals surface area contributed by atoms with Crippen LogP contribution in [0.2, 0.25) is 0 Å². The van der Waals surface area contributed by atoms with E-state index in [2.05, 4.69) is 0 Å². The maximum atomic E-state index is 13.2. The third kappa shape index (κ3) is 3.23. The first-order valence-electron chi connectivity index (χ1n) is 8.34. The lowest BCUT2D eigenvalue weighted by atomic mass is 10.00. The van der Waals surface area contributed by atoms with Gasteiger partial charge in [-0.25, -0.2) is 0 Å². The van der Waals surface area contributed by atoms with Crippen LogP contribution >= 0.6 is 11.3 Å². The summed E-state index contributed by atoms with van der Waals surface area (Å²) in [4.78, 5) is 27.2.